The van der Waals surface area contributed by atoms with E-state index in [0.717, 1.165) is 38.5 Å². The van der Waals surface area contributed by atoms with Crippen molar-refractivity contribution in [3.8, 4) is 0 Å². The van der Waals surface area contributed by atoms with Crippen LogP contribution in [0.15, 0.2) is 0 Å². The minimum absolute atomic E-state index is 0.0125. The number of carbonyl (C=O) groups is 1. The van der Waals surface area contributed by atoms with Crippen LogP contribution < -0.4 is 5.73 Å². The molecule has 0 aromatic heterocycles. The Kier molecular flexibility index (Phi) is 2.65. The molecular formula is C18H25N3O2. The van der Waals surface area contributed by atoms with Crippen molar-refractivity contribution in [1.82, 2.24) is 4.90 Å². The van der Waals surface area contributed by atoms with Crippen LogP contribution in [-0.2, 0) is 4.79 Å². The molecule has 1 aliphatic heterocycles. The Bertz CT molecular complexity index is 598. The Morgan fingerprint density at radius 1 is 1.22 bits per heavy atom. The summed E-state index contributed by atoms with van der Waals surface area (Å²) in [5, 5.41) is 10.9. The third-order valence-electron chi connectivity index (χ3n) is 7.48. The Labute approximate surface area is 137 Å². The minimum Gasteiger partial charge on any atom is -0.390 e. The van der Waals surface area contributed by atoms with Crippen LogP contribution in [0.1, 0.15) is 51.4 Å². The molecule has 5 nitrogen and oxygen atoms in total. The largest absolute Gasteiger partial charge is 0.390 e. The second kappa shape index (κ2) is 4.29. The lowest BCUT2D eigenvalue weighted by Crippen LogP contribution is -2.64. The maximum atomic E-state index is 13.1. The van der Waals surface area contributed by atoms with Gasteiger partial charge in [-0.1, -0.05) is 0 Å². The first-order chi connectivity index (χ1) is 10.9. The smallest absolute Gasteiger partial charge is 0.301 e. The van der Waals surface area contributed by atoms with Crippen molar-refractivity contribution in [2.24, 2.45) is 28.9 Å². The fraction of sp³-hybridized carbons (Fsp3) is 0.889. The van der Waals surface area contributed by atoms with Crippen molar-refractivity contribution < 1.29 is 9.90 Å². The van der Waals surface area contributed by atoms with Crippen molar-refractivity contribution in [2.45, 2.75) is 75.2 Å². The molecule has 0 aromatic carbocycles. The van der Waals surface area contributed by atoms with Crippen LogP contribution in [0, 0.1) is 29.7 Å². The lowest BCUT2D eigenvalue weighted by molar-refractivity contribution is -0.177. The molecule has 6 rings (SSSR count). The second-order valence-electron chi connectivity index (χ2n) is 9.18. The topological polar surface area (TPSA) is 70.9 Å². The molecule has 5 saturated carbocycles. The Morgan fingerprint density at radius 2 is 1.91 bits per heavy atom. The monoisotopic (exact) mass is 315 g/mol. The van der Waals surface area contributed by atoms with Gasteiger partial charge in [0.2, 0.25) is 5.91 Å². The standard InChI is InChI=1S/C18H25N3O2/c1-20-14-4-12-3-13(12)21(14)16(22)15(19)17-5-10-2-11(6-17)8-18(23,7-10)9-17/h10-15,23H,2-9,19H2/t10?,11?,12?,13?,14-,15+,17?,18?/m0/s1. The SMILES string of the molecule is [C-]#[N+][C@@H]1CC2CC2N1C(=O)[C@@H](N)C12CC3CC(CC(O)(C3)C1)C2. The third-order valence-corrected chi connectivity index (χ3v) is 7.48. The zero-order chi connectivity index (χ0) is 16.0. The number of rotatable bonds is 2. The molecule has 5 heteroatoms. The maximum Gasteiger partial charge on any atom is 0.301 e. The number of likely N-dealkylation sites (tertiary alicyclic amines) is 1. The molecule has 0 radical (unpaired) electrons. The first kappa shape index (κ1) is 14.2. The van der Waals surface area contributed by atoms with Crippen molar-refractivity contribution in [2.75, 3.05) is 0 Å². The summed E-state index contributed by atoms with van der Waals surface area (Å²) in [6.07, 6.45) is 7.23. The van der Waals surface area contributed by atoms with E-state index in [4.69, 9.17) is 12.3 Å². The zero-order valence-electron chi connectivity index (χ0n) is 13.4. The van der Waals surface area contributed by atoms with Crippen molar-refractivity contribution >= 4 is 5.91 Å². The van der Waals surface area contributed by atoms with E-state index in [-0.39, 0.29) is 23.5 Å². The van der Waals surface area contributed by atoms with E-state index in [9.17, 15) is 9.90 Å². The Balaban J connectivity index is 1.43. The Morgan fingerprint density at radius 3 is 2.52 bits per heavy atom. The van der Waals surface area contributed by atoms with E-state index in [2.05, 4.69) is 4.85 Å². The van der Waals surface area contributed by atoms with Crippen molar-refractivity contribution in [1.29, 1.82) is 0 Å². The molecule has 0 spiro atoms. The van der Waals surface area contributed by atoms with Gasteiger partial charge < -0.3 is 10.8 Å². The Hall–Kier alpha value is -1.12. The second-order valence-corrected chi connectivity index (χ2v) is 9.18. The summed E-state index contributed by atoms with van der Waals surface area (Å²) in [4.78, 5) is 18.6. The first-order valence-electron chi connectivity index (χ1n) is 9.10. The van der Waals surface area contributed by atoms with Gasteiger partial charge in [0.25, 0.3) is 0 Å². The number of fused-ring (bicyclic) bond motifs is 1. The van der Waals surface area contributed by atoms with Crippen LogP contribution in [0.2, 0.25) is 0 Å². The molecular weight excluding hydrogens is 290 g/mol. The van der Waals surface area contributed by atoms with Gasteiger partial charge in [-0.15, -0.1) is 0 Å². The summed E-state index contributed by atoms with van der Waals surface area (Å²) in [6.45, 7) is 7.38. The van der Waals surface area contributed by atoms with Crippen molar-refractivity contribution in [3.05, 3.63) is 11.4 Å². The number of amides is 1. The molecule has 1 saturated heterocycles. The van der Waals surface area contributed by atoms with Gasteiger partial charge in [0, 0.05) is 12.5 Å². The van der Waals surface area contributed by atoms with Crippen LogP contribution in [0.4, 0.5) is 0 Å². The maximum absolute atomic E-state index is 13.1. The van der Waals surface area contributed by atoms with Gasteiger partial charge in [-0.3, -0.25) is 14.5 Å². The number of hydrogen-bond acceptors (Lipinski definition) is 3. The van der Waals surface area contributed by atoms with Crippen LogP contribution in [0.5, 0.6) is 0 Å². The fourth-order valence-electron chi connectivity index (χ4n) is 6.93. The number of piperidine rings is 1. The predicted molar refractivity (Wildman–Crippen MR) is 83.8 cm³/mol. The van der Waals surface area contributed by atoms with Crippen LogP contribution >= 0.6 is 0 Å². The van der Waals surface area contributed by atoms with E-state index in [1.807, 2.05) is 4.90 Å². The molecule has 6 atom stereocenters. The van der Waals surface area contributed by atoms with Gasteiger partial charge in [0.1, 0.15) is 0 Å². The van der Waals surface area contributed by atoms with E-state index < -0.39 is 11.6 Å². The number of carbonyl (C=O) groups excluding carboxylic acids is 1. The molecule has 124 valence electrons. The van der Waals surface area contributed by atoms with E-state index in [1.165, 1.54) is 6.42 Å². The average Bonchev–Trinajstić information content (AvgIpc) is 3.14. The van der Waals surface area contributed by atoms with E-state index in [1.54, 1.807) is 0 Å². The molecule has 6 fully saturated rings. The van der Waals surface area contributed by atoms with Gasteiger partial charge in [-0.05, 0) is 68.1 Å². The number of nitrogens with two attached hydrogens (primary N) is 1. The summed E-state index contributed by atoms with van der Waals surface area (Å²) < 4.78 is 0. The highest BCUT2D eigenvalue weighted by Crippen LogP contribution is 2.63. The van der Waals surface area contributed by atoms with E-state index in [0.29, 0.717) is 24.2 Å². The van der Waals surface area contributed by atoms with Crippen LogP contribution in [-0.4, -0.2) is 39.8 Å². The summed E-state index contributed by atoms with van der Waals surface area (Å²) in [5.74, 6) is 1.58. The lowest BCUT2D eigenvalue weighted by Gasteiger charge is -2.61. The average molecular weight is 315 g/mol. The molecule has 23 heavy (non-hydrogen) atoms. The van der Waals surface area contributed by atoms with Crippen LogP contribution in [0.3, 0.4) is 0 Å². The summed E-state index contributed by atoms with van der Waals surface area (Å²) in [5.41, 5.74) is 5.73. The summed E-state index contributed by atoms with van der Waals surface area (Å²) >= 11 is 0. The lowest BCUT2D eigenvalue weighted by atomic mass is 9.46. The molecule has 4 unspecified atom stereocenters. The predicted octanol–water partition coefficient (Wildman–Crippen LogP) is 1.51. The van der Waals surface area contributed by atoms with Crippen molar-refractivity contribution in [3.63, 3.8) is 0 Å². The van der Waals surface area contributed by atoms with Gasteiger partial charge in [0.15, 0.2) is 0 Å². The highest BCUT2D eigenvalue weighted by molar-refractivity contribution is 5.84. The number of aliphatic hydroxyl groups is 1. The summed E-state index contributed by atoms with van der Waals surface area (Å²) in [7, 11) is 0. The zero-order valence-corrected chi connectivity index (χ0v) is 13.4. The molecule has 3 N–H and O–H groups in total. The molecule has 1 heterocycles. The van der Waals surface area contributed by atoms with E-state index >= 15 is 0 Å². The molecule has 0 aromatic rings. The summed E-state index contributed by atoms with van der Waals surface area (Å²) in [6, 6.07) is -0.270. The fourth-order valence-corrected chi connectivity index (χ4v) is 6.93. The highest BCUT2D eigenvalue weighted by Gasteiger charge is 2.63. The number of nitrogens with zero attached hydrogens (tertiary/aromatic N) is 2. The molecule has 5 aliphatic carbocycles. The van der Waals surface area contributed by atoms with Gasteiger partial charge in [-0.25, -0.2) is 6.57 Å². The molecule has 4 bridgehead atoms. The quantitative estimate of drug-likeness (QED) is 0.759. The number of hydrogen-bond donors (Lipinski definition) is 2. The first-order valence-corrected chi connectivity index (χ1v) is 9.10. The highest BCUT2D eigenvalue weighted by atomic mass is 16.3. The van der Waals surface area contributed by atoms with Gasteiger partial charge in [-0.2, -0.15) is 0 Å². The molecule has 6 aliphatic rings. The van der Waals surface area contributed by atoms with Gasteiger partial charge in [0.05, 0.1) is 11.6 Å². The normalized spacial score (nSPS) is 53.8. The minimum atomic E-state index is -0.589. The van der Waals surface area contributed by atoms with Crippen LogP contribution in [0.25, 0.3) is 4.85 Å². The third kappa shape index (κ3) is 1.88. The van der Waals surface area contributed by atoms with Gasteiger partial charge >= 0.3 is 6.17 Å². The molecule has 1 amide bonds.